The van der Waals surface area contributed by atoms with Crippen molar-refractivity contribution in [3.8, 4) is 5.75 Å². The lowest BCUT2D eigenvalue weighted by Gasteiger charge is -2.12. The van der Waals surface area contributed by atoms with Crippen LogP contribution in [0.15, 0.2) is 52.1 Å². The maximum absolute atomic E-state index is 13.3. The molecule has 20 heavy (non-hydrogen) atoms. The number of nitrogens with zero attached hydrogens (tertiary/aromatic N) is 1. The summed E-state index contributed by atoms with van der Waals surface area (Å²) in [6.45, 7) is 1.92. The van der Waals surface area contributed by atoms with Gasteiger partial charge in [-0.15, -0.1) is 0 Å². The molecule has 0 amide bonds. The van der Waals surface area contributed by atoms with Crippen molar-refractivity contribution in [2.45, 2.75) is 13.5 Å². The molecule has 2 rings (SSSR count). The van der Waals surface area contributed by atoms with Crippen LogP contribution in [0, 0.1) is 5.82 Å². The van der Waals surface area contributed by atoms with Crippen molar-refractivity contribution >= 4 is 21.6 Å². The van der Waals surface area contributed by atoms with Gasteiger partial charge >= 0.3 is 0 Å². The lowest BCUT2D eigenvalue weighted by atomic mass is 10.1. The summed E-state index contributed by atoms with van der Waals surface area (Å²) in [7, 11) is 0. The third-order valence-electron chi connectivity index (χ3n) is 2.82. The zero-order valence-corrected chi connectivity index (χ0v) is 12.4. The molecule has 1 N–H and O–H groups in total. The number of oxime groups is 1. The third-order valence-corrected chi connectivity index (χ3v) is 3.60. The summed E-state index contributed by atoms with van der Waals surface area (Å²) >= 11 is 3.44. The van der Waals surface area contributed by atoms with Crippen LogP contribution >= 0.6 is 15.9 Å². The molecule has 5 heteroatoms. The fourth-order valence-corrected chi connectivity index (χ4v) is 2.13. The topological polar surface area (TPSA) is 41.8 Å². The van der Waals surface area contributed by atoms with Crippen LogP contribution in [0.2, 0.25) is 0 Å². The van der Waals surface area contributed by atoms with Gasteiger partial charge in [-0.1, -0.05) is 39.3 Å². The standard InChI is InChI=1S/C15H13BrFNO2/c1-10(18-19)13-8-12(17)6-7-15(13)20-9-11-4-2-3-5-14(11)16/h2-8,19H,9H2,1H3/b18-10-. The van der Waals surface area contributed by atoms with Crippen molar-refractivity contribution in [1.29, 1.82) is 0 Å². The van der Waals surface area contributed by atoms with Crippen molar-refractivity contribution in [3.05, 3.63) is 63.9 Å². The Labute approximate surface area is 124 Å². The number of rotatable bonds is 4. The zero-order chi connectivity index (χ0) is 14.5. The van der Waals surface area contributed by atoms with Crippen molar-refractivity contribution in [2.75, 3.05) is 0 Å². The molecule has 0 saturated heterocycles. The number of halogens is 2. The fraction of sp³-hybridized carbons (Fsp3) is 0.133. The summed E-state index contributed by atoms with van der Waals surface area (Å²) in [6, 6.07) is 11.8. The Morgan fingerprint density at radius 1 is 1.30 bits per heavy atom. The van der Waals surface area contributed by atoms with Gasteiger partial charge in [0.1, 0.15) is 18.2 Å². The summed E-state index contributed by atoms with van der Waals surface area (Å²) in [5.74, 6) is 0.0636. The minimum Gasteiger partial charge on any atom is -0.488 e. The maximum atomic E-state index is 13.3. The molecule has 0 heterocycles. The molecule has 3 nitrogen and oxygen atoms in total. The van der Waals surface area contributed by atoms with Gasteiger partial charge in [-0.3, -0.25) is 0 Å². The van der Waals surface area contributed by atoms with Gasteiger partial charge in [0.15, 0.2) is 0 Å². The predicted molar refractivity (Wildman–Crippen MR) is 78.9 cm³/mol. The molecule has 0 fully saturated rings. The van der Waals surface area contributed by atoms with Gasteiger partial charge in [-0.05, 0) is 31.2 Å². The lowest BCUT2D eigenvalue weighted by Crippen LogP contribution is -2.03. The minimum absolute atomic E-state index is 0.298. The SMILES string of the molecule is C/C(=N/O)c1cc(F)ccc1OCc1ccccc1Br. The van der Waals surface area contributed by atoms with Crippen molar-refractivity contribution < 1.29 is 14.3 Å². The first-order valence-electron chi connectivity index (χ1n) is 5.96. The van der Waals surface area contributed by atoms with E-state index < -0.39 is 5.82 Å². The predicted octanol–water partition coefficient (Wildman–Crippen LogP) is 4.37. The molecule has 0 aliphatic carbocycles. The molecular weight excluding hydrogens is 325 g/mol. The zero-order valence-electron chi connectivity index (χ0n) is 10.8. The first-order valence-corrected chi connectivity index (χ1v) is 6.76. The summed E-state index contributed by atoms with van der Waals surface area (Å²) in [4.78, 5) is 0. The Morgan fingerprint density at radius 3 is 2.75 bits per heavy atom. The van der Waals surface area contributed by atoms with Crippen molar-refractivity contribution in [2.24, 2.45) is 5.16 Å². The smallest absolute Gasteiger partial charge is 0.129 e. The van der Waals surface area contributed by atoms with E-state index in [1.165, 1.54) is 18.2 Å². The first-order chi connectivity index (χ1) is 9.61. The van der Waals surface area contributed by atoms with E-state index in [0.29, 0.717) is 23.6 Å². The molecule has 0 bridgehead atoms. The Morgan fingerprint density at radius 2 is 2.05 bits per heavy atom. The Kier molecular flexibility index (Phi) is 4.74. The van der Waals surface area contributed by atoms with Gasteiger partial charge in [0, 0.05) is 15.6 Å². The van der Waals surface area contributed by atoms with Gasteiger partial charge in [-0.25, -0.2) is 4.39 Å². The van der Waals surface area contributed by atoms with Gasteiger partial charge < -0.3 is 9.94 Å². The Balaban J connectivity index is 2.24. The second kappa shape index (κ2) is 6.52. The molecule has 0 aliphatic heterocycles. The lowest BCUT2D eigenvalue weighted by molar-refractivity contribution is 0.302. The van der Waals surface area contributed by atoms with Crippen LogP contribution in [0.5, 0.6) is 5.75 Å². The van der Waals surface area contributed by atoms with E-state index in [9.17, 15) is 4.39 Å². The quantitative estimate of drug-likeness (QED) is 0.511. The Bertz CT molecular complexity index is 644. The van der Waals surface area contributed by atoms with Crippen LogP contribution in [-0.2, 0) is 6.61 Å². The van der Waals surface area contributed by atoms with Crippen LogP contribution in [0.4, 0.5) is 4.39 Å². The molecular formula is C15H13BrFNO2. The number of hydrogen-bond donors (Lipinski definition) is 1. The van der Waals surface area contributed by atoms with Crippen LogP contribution < -0.4 is 4.74 Å². The molecule has 2 aromatic carbocycles. The van der Waals surface area contributed by atoms with E-state index in [4.69, 9.17) is 9.94 Å². The Hall–Kier alpha value is -1.88. The van der Waals surface area contributed by atoms with Gasteiger partial charge in [0.25, 0.3) is 0 Å². The second-order valence-electron chi connectivity index (χ2n) is 4.21. The highest BCUT2D eigenvalue weighted by molar-refractivity contribution is 9.10. The summed E-state index contributed by atoms with van der Waals surface area (Å²) < 4.78 is 19.9. The average molecular weight is 338 g/mol. The van der Waals surface area contributed by atoms with Gasteiger partial charge in [-0.2, -0.15) is 0 Å². The van der Waals surface area contributed by atoms with E-state index in [1.54, 1.807) is 6.92 Å². The molecule has 0 spiro atoms. The van der Waals surface area contributed by atoms with Crippen LogP contribution in [-0.4, -0.2) is 10.9 Å². The van der Waals surface area contributed by atoms with E-state index in [-0.39, 0.29) is 0 Å². The molecule has 0 saturated carbocycles. The molecule has 0 aromatic heterocycles. The van der Waals surface area contributed by atoms with Crippen LogP contribution in [0.25, 0.3) is 0 Å². The third kappa shape index (κ3) is 3.36. The monoisotopic (exact) mass is 337 g/mol. The summed E-state index contributed by atoms with van der Waals surface area (Å²) in [5.41, 5.74) is 1.70. The van der Waals surface area contributed by atoms with Crippen molar-refractivity contribution in [1.82, 2.24) is 0 Å². The highest BCUT2D eigenvalue weighted by Crippen LogP contribution is 2.23. The molecule has 0 radical (unpaired) electrons. The molecule has 104 valence electrons. The summed E-state index contributed by atoms with van der Waals surface area (Å²) in [6.07, 6.45) is 0. The largest absolute Gasteiger partial charge is 0.488 e. The second-order valence-corrected chi connectivity index (χ2v) is 5.06. The molecule has 0 unspecified atom stereocenters. The van der Waals surface area contributed by atoms with Crippen LogP contribution in [0.3, 0.4) is 0 Å². The highest BCUT2D eigenvalue weighted by Gasteiger charge is 2.10. The van der Waals surface area contributed by atoms with Gasteiger partial charge in [0.2, 0.25) is 0 Å². The first kappa shape index (κ1) is 14.5. The molecule has 2 aromatic rings. The van der Waals surface area contributed by atoms with E-state index in [2.05, 4.69) is 21.1 Å². The number of ether oxygens (including phenoxy) is 1. The van der Waals surface area contributed by atoms with Gasteiger partial charge in [0.05, 0.1) is 5.71 Å². The molecule has 0 atom stereocenters. The number of benzene rings is 2. The van der Waals surface area contributed by atoms with E-state index >= 15 is 0 Å². The minimum atomic E-state index is -0.406. The normalized spacial score (nSPS) is 11.4. The molecule has 0 aliphatic rings. The number of hydrogen-bond acceptors (Lipinski definition) is 3. The van der Waals surface area contributed by atoms with E-state index in [0.717, 1.165) is 10.0 Å². The highest BCUT2D eigenvalue weighted by atomic mass is 79.9. The maximum Gasteiger partial charge on any atom is 0.129 e. The van der Waals surface area contributed by atoms with E-state index in [1.807, 2.05) is 24.3 Å². The fourth-order valence-electron chi connectivity index (χ4n) is 1.74. The van der Waals surface area contributed by atoms with Crippen LogP contribution in [0.1, 0.15) is 18.1 Å². The van der Waals surface area contributed by atoms with Crippen molar-refractivity contribution in [3.63, 3.8) is 0 Å². The average Bonchev–Trinajstić information content (AvgIpc) is 2.46. The summed E-state index contributed by atoms with van der Waals surface area (Å²) in [5, 5.41) is 11.9.